The Balaban J connectivity index is 2.03. The first-order chi connectivity index (χ1) is 9.35. The van der Waals surface area contributed by atoms with Crippen molar-refractivity contribution in [1.82, 2.24) is 9.97 Å². The third-order valence-electron chi connectivity index (χ3n) is 3.49. The van der Waals surface area contributed by atoms with Crippen molar-refractivity contribution in [3.63, 3.8) is 0 Å². The van der Waals surface area contributed by atoms with Crippen LogP contribution >= 0.6 is 0 Å². The van der Waals surface area contributed by atoms with Crippen LogP contribution in [0.1, 0.15) is 39.0 Å². The van der Waals surface area contributed by atoms with Gasteiger partial charge in [0.05, 0.1) is 6.61 Å². The first-order valence-corrected chi connectivity index (χ1v) is 7.26. The van der Waals surface area contributed by atoms with Gasteiger partial charge in [-0.1, -0.05) is 6.92 Å². The lowest BCUT2D eigenvalue weighted by atomic mass is 10.1. The van der Waals surface area contributed by atoms with E-state index in [0.29, 0.717) is 18.5 Å². The normalized spacial score (nSPS) is 18.8. The van der Waals surface area contributed by atoms with Crippen molar-refractivity contribution >= 4 is 5.82 Å². The molecule has 2 N–H and O–H groups in total. The molecule has 1 aromatic heterocycles. The zero-order valence-corrected chi connectivity index (χ0v) is 11.7. The van der Waals surface area contributed by atoms with Crippen molar-refractivity contribution in [2.75, 3.05) is 24.6 Å². The van der Waals surface area contributed by atoms with Gasteiger partial charge in [0.15, 0.2) is 0 Å². The molecule has 0 saturated carbocycles. The molecule has 1 aliphatic rings. The summed E-state index contributed by atoms with van der Waals surface area (Å²) in [5.74, 6) is 1.66. The molecular formula is C14H24N4O. The summed E-state index contributed by atoms with van der Waals surface area (Å²) < 4.78 is 5.57. The molecule has 5 heteroatoms. The molecule has 0 radical (unpaired) electrons. The van der Waals surface area contributed by atoms with E-state index < -0.39 is 0 Å². The molecule has 1 atom stereocenters. The molecule has 0 spiro atoms. The highest BCUT2D eigenvalue weighted by Crippen LogP contribution is 2.27. The Bertz CT molecular complexity index is 385. The topological polar surface area (TPSA) is 64.3 Å². The predicted octanol–water partition coefficient (Wildman–Crippen LogP) is 1.97. The second kappa shape index (κ2) is 7.28. The maximum Gasteiger partial charge on any atom is 0.218 e. The van der Waals surface area contributed by atoms with E-state index in [0.717, 1.165) is 38.2 Å². The van der Waals surface area contributed by atoms with Crippen LogP contribution in [0.3, 0.4) is 0 Å². The second-order valence-corrected chi connectivity index (χ2v) is 4.98. The highest BCUT2D eigenvalue weighted by Gasteiger charge is 2.25. The molecule has 0 aromatic carbocycles. The summed E-state index contributed by atoms with van der Waals surface area (Å²) in [5, 5.41) is 0. The Labute approximate surface area is 115 Å². The molecular weight excluding hydrogens is 240 g/mol. The van der Waals surface area contributed by atoms with E-state index in [4.69, 9.17) is 10.5 Å². The van der Waals surface area contributed by atoms with Crippen LogP contribution in [0.25, 0.3) is 0 Å². The van der Waals surface area contributed by atoms with Gasteiger partial charge < -0.3 is 15.4 Å². The summed E-state index contributed by atoms with van der Waals surface area (Å²) >= 11 is 0. The first-order valence-electron chi connectivity index (χ1n) is 7.26. The van der Waals surface area contributed by atoms with Crippen molar-refractivity contribution < 1.29 is 4.74 Å². The van der Waals surface area contributed by atoms with Gasteiger partial charge in [0.1, 0.15) is 12.1 Å². The minimum absolute atomic E-state index is 0.567. The Hall–Kier alpha value is -1.36. The smallest absolute Gasteiger partial charge is 0.218 e. The molecule has 2 heterocycles. The lowest BCUT2D eigenvalue weighted by molar-refractivity contribution is 0.304. The summed E-state index contributed by atoms with van der Waals surface area (Å²) in [5.41, 5.74) is 5.61. The van der Waals surface area contributed by atoms with Gasteiger partial charge >= 0.3 is 0 Å². The number of anilines is 1. The van der Waals surface area contributed by atoms with Crippen LogP contribution in [0.4, 0.5) is 5.82 Å². The summed E-state index contributed by atoms with van der Waals surface area (Å²) in [4.78, 5) is 10.9. The van der Waals surface area contributed by atoms with Crippen LogP contribution in [0.5, 0.6) is 5.88 Å². The van der Waals surface area contributed by atoms with Gasteiger partial charge in [-0.3, -0.25) is 0 Å². The average molecular weight is 264 g/mol. The molecule has 1 aliphatic heterocycles. The first kappa shape index (κ1) is 14.1. The zero-order chi connectivity index (χ0) is 13.5. The van der Waals surface area contributed by atoms with Crippen LogP contribution in [0.2, 0.25) is 0 Å². The number of nitrogens with zero attached hydrogens (tertiary/aromatic N) is 3. The van der Waals surface area contributed by atoms with E-state index in [9.17, 15) is 0 Å². The second-order valence-electron chi connectivity index (χ2n) is 4.98. The highest BCUT2D eigenvalue weighted by atomic mass is 16.5. The zero-order valence-electron chi connectivity index (χ0n) is 11.7. The summed E-state index contributed by atoms with van der Waals surface area (Å²) in [6.07, 6.45) is 7.26. The van der Waals surface area contributed by atoms with Crippen LogP contribution in [-0.4, -0.2) is 35.7 Å². The van der Waals surface area contributed by atoms with Crippen molar-refractivity contribution in [2.45, 2.75) is 45.1 Å². The van der Waals surface area contributed by atoms with Crippen molar-refractivity contribution in [1.29, 1.82) is 0 Å². The van der Waals surface area contributed by atoms with Crippen LogP contribution in [-0.2, 0) is 0 Å². The number of nitrogens with two attached hydrogens (primary N) is 1. The van der Waals surface area contributed by atoms with Crippen molar-refractivity contribution in [3.05, 3.63) is 12.4 Å². The maximum atomic E-state index is 5.61. The fraction of sp³-hybridized carbons (Fsp3) is 0.714. The quantitative estimate of drug-likeness (QED) is 0.815. The minimum atomic E-state index is 0.567. The molecule has 106 valence electrons. The van der Waals surface area contributed by atoms with Crippen LogP contribution in [0.15, 0.2) is 12.4 Å². The third-order valence-corrected chi connectivity index (χ3v) is 3.49. The largest absolute Gasteiger partial charge is 0.478 e. The van der Waals surface area contributed by atoms with Crippen molar-refractivity contribution in [2.24, 2.45) is 5.73 Å². The molecule has 19 heavy (non-hydrogen) atoms. The Morgan fingerprint density at radius 2 is 2.37 bits per heavy atom. The number of hydrogen-bond acceptors (Lipinski definition) is 5. The van der Waals surface area contributed by atoms with E-state index in [1.54, 1.807) is 6.33 Å². The fourth-order valence-corrected chi connectivity index (χ4v) is 2.56. The van der Waals surface area contributed by atoms with Crippen LogP contribution in [0, 0.1) is 0 Å². The SMILES string of the molecule is CCCOc1cc(N2CCCC2CCCN)ncn1. The lowest BCUT2D eigenvalue weighted by Crippen LogP contribution is -2.30. The van der Waals surface area contributed by atoms with Gasteiger partial charge in [-0.05, 0) is 38.6 Å². The summed E-state index contributed by atoms with van der Waals surface area (Å²) in [6, 6.07) is 2.52. The Kier molecular flexibility index (Phi) is 5.39. The van der Waals surface area contributed by atoms with Gasteiger partial charge in [0, 0.05) is 18.7 Å². The van der Waals surface area contributed by atoms with E-state index in [1.165, 1.54) is 12.8 Å². The van der Waals surface area contributed by atoms with Gasteiger partial charge in [-0.2, -0.15) is 0 Å². The Morgan fingerprint density at radius 1 is 1.47 bits per heavy atom. The molecule has 1 aromatic rings. The number of aromatic nitrogens is 2. The number of ether oxygens (including phenoxy) is 1. The molecule has 1 unspecified atom stereocenters. The minimum Gasteiger partial charge on any atom is -0.478 e. The standard InChI is InChI=1S/C14H24N4O/c1-2-9-19-14-10-13(16-11-17-14)18-8-4-6-12(18)5-3-7-15/h10-12H,2-9,15H2,1H3. The predicted molar refractivity (Wildman–Crippen MR) is 76.5 cm³/mol. The summed E-state index contributed by atoms with van der Waals surface area (Å²) in [7, 11) is 0. The molecule has 0 aliphatic carbocycles. The molecule has 1 fully saturated rings. The van der Waals surface area contributed by atoms with Crippen LogP contribution < -0.4 is 15.4 Å². The van der Waals surface area contributed by atoms with E-state index in [2.05, 4.69) is 21.8 Å². The lowest BCUT2D eigenvalue weighted by Gasteiger charge is -2.25. The Morgan fingerprint density at radius 3 is 3.16 bits per heavy atom. The number of hydrogen-bond donors (Lipinski definition) is 1. The molecule has 2 rings (SSSR count). The van der Waals surface area contributed by atoms with E-state index in [-0.39, 0.29) is 0 Å². The van der Waals surface area contributed by atoms with E-state index >= 15 is 0 Å². The van der Waals surface area contributed by atoms with Gasteiger partial charge in [-0.15, -0.1) is 0 Å². The van der Waals surface area contributed by atoms with Gasteiger partial charge in [0.2, 0.25) is 5.88 Å². The average Bonchev–Trinajstić information content (AvgIpc) is 2.91. The molecule has 0 amide bonds. The molecule has 5 nitrogen and oxygen atoms in total. The summed E-state index contributed by atoms with van der Waals surface area (Å²) in [6.45, 7) is 4.62. The van der Waals surface area contributed by atoms with E-state index in [1.807, 2.05) is 6.07 Å². The van der Waals surface area contributed by atoms with Crippen molar-refractivity contribution in [3.8, 4) is 5.88 Å². The molecule has 0 bridgehead atoms. The van der Waals surface area contributed by atoms with Gasteiger partial charge in [0.25, 0.3) is 0 Å². The molecule has 1 saturated heterocycles. The fourth-order valence-electron chi connectivity index (χ4n) is 2.56. The maximum absolute atomic E-state index is 5.61. The number of rotatable bonds is 7. The monoisotopic (exact) mass is 264 g/mol. The van der Waals surface area contributed by atoms with Gasteiger partial charge in [-0.25, -0.2) is 9.97 Å². The highest BCUT2D eigenvalue weighted by molar-refractivity contribution is 5.43. The third kappa shape index (κ3) is 3.80.